The average molecular weight is 215 g/mol. The third kappa shape index (κ3) is 3.65. The van der Waals surface area contributed by atoms with Gasteiger partial charge in [0.25, 0.3) is 0 Å². The van der Waals surface area contributed by atoms with Crippen LogP contribution in [0.3, 0.4) is 0 Å². The summed E-state index contributed by atoms with van der Waals surface area (Å²) in [5, 5.41) is 0.452. The first-order valence-corrected chi connectivity index (χ1v) is 6.44. The number of halogens is 1. The van der Waals surface area contributed by atoms with Gasteiger partial charge in [-0.15, -0.1) is 18.2 Å². The lowest BCUT2D eigenvalue weighted by molar-refractivity contribution is 0.377. The van der Waals surface area contributed by atoms with Gasteiger partial charge in [0.2, 0.25) is 0 Å². The number of allylic oxidation sites excluding steroid dienone is 1. The molecule has 0 N–H and O–H groups in total. The SMILES string of the molecule is C=CCCCCCC1CCC(Cl)C1C. The highest BCUT2D eigenvalue weighted by molar-refractivity contribution is 6.20. The summed E-state index contributed by atoms with van der Waals surface area (Å²) in [6, 6.07) is 0. The predicted molar refractivity (Wildman–Crippen MR) is 64.8 cm³/mol. The maximum absolute atomic E-state index is 6.21. The Morgan fingerprint density at radius 1 is 1.29 bits per heavy atom. The zero-order chi connectivity index (χ0) is 10.4. The summed E-state index contributed by atoms with van der Waals surface area (Å²) in [5.74, 6) is 1.65. The van der Waals surface area contributed by atoms with Crippen LogP contribution in [0, 0.1) is 11.8 Å². The molecule has 0 aromatic heterocycles. The molecule has 0 radical (unpaired) electrons. The Morgan fingerprint density at radius 2 is 2.07 bits per heavy atom. The molecule has 82 valence electrons. The molecule has 0 saturated heterocycles. The van der Waals surface area contributed by atoms with Gasteiger partial charge in [-0.2, -0.15) is 0 Å². The molecule has 0 nitrogen and oxygen atoms in total. The van der Waals surface area contributed by atoms with Crippen molar-refractivity contribution in [3.05, 3.63) is 12.7 Å². The summed E-state index contributed by atoms with van der Waals surface area (Å²) >= 11 is 6.21. The number of hydrogen-bond acceptors (Lipinski definition) is 0. The van der Waals surface area contributed by atoms with Crippen LogP contribution in [0.15, 0.2) is 12.7 Å². The minimum Gasteiger partial charge on any atom is -0.123 e. The maximum atomic E-state index is 6.21. The monoisotopic (exact) mass is 214 g/mol. The van der Waals surface area contributed by atoms with Gasteiger partial charge in [0, 0.05) is 5.38 Å². The minimum atomic E-state index is 0.452. The lowest BCUT2D eigenvalue weighted by Crippen LogP contribution is -2.10. The summed E-state index contributed by atoms with van der Waals surface area (Å²) < 4.78 is 0. The van der Waals surface area contributed by atoms with Crippen molar-refractivity contribution >= 4 is 11.6 Å². The number of hydrogen-bond donors (Lipinski definition) is 0. The molecule has 1 rings (SSSR count). The van der Waals surface area contributed by atoms with Gasteiger partial charge >= 0.3 is 0 Å². The molecule has 1 heteroatoms. The fraction of sp³-hybridized carbons (Fsp3) is 0.846. The highest BCUT2D eigenvalue weighted by Gasteiger charge is 2.30. The van der Waals surface area contributed by atoms with E-state index in [1.807, 2.05) is 6.08 Å². The Bertz CT molecular complexity index is 165. The van der Waals surface area contributed by atoms with Crippen LogP contribution in [0.2, 0.25) is 0 Å². The van der Waals surface area contributed by atoms with Crippen LogP contribution >= 0.6 is 11.6 Å². The van der Waals surface area contributed by atoms with E-state index in [-0.39, 0.29) is 0 Å². The van der Waals surface area contributed by atoms with Gasteiger partial charge in [-0.1, -0.05) is 32.3 Å². The number of alkyl halides is 1. The minimum absolute atomic E-state index is 0.452. The van der Waals surface area contributed by atoms with Gasteiger partial charge in [0.15, 0.2) is 0 Å². The molecule has 3 atom stereocenters. The molecule has 1 aliphatic carbocycles. The highest BCUT2D eigenvalue weighted by atomic mass is 35.5. The zero-order valence-corrected chi connectivity index (χ0v) is 10.1. The standard InChI is InChI=1S/C13H23Cl/c1-3-4-5-6-7-8-12-9-10-13(14)11(12)2/h3,11-13H,1,4-10H2,2H3. The molecule has 0 heterocycles. The van der Waals surface area contributed by atoms with Gasteiger partial charge < -0.3 is 0 Å². The Labute approximate surface area is 93.7 Å². The summed E-state index contributed by atoms with van der Waals surface area (Å²) in [6.07, 6.45) is 11.2. The third-order valence-corrected chi connectivity index (χ3v) is 4.23. The van der Waals surface area contributed by atoms with E-state index in [9.17, 15) is 0 Å². The Hall–Kier alpha value is 0.0300. The van der Waals surface area contributed by atoms with Crippen molar-refractivity contribution in [2.24, 2.45) is 11.8 Å². The van der Waals surface area contributed by atoms with Gasteiger partial charge in [-0.25, -0.2) is 0 Å². The van der Waals surface area contributed by atoms with E-state index in [1.54, 1.807) is 0 Å². The van der Waals surface area contributed by atoms with Gasteiger partial charge in [-0.05, 0) is 37.5 Å². The van der Waals surface area contributed by atoms with Crippen molar-refractivity contribution in [2.75, 3.05) is 0 Å². The lowest BCUT2D eigenvalue weighted by atomic mass is 9.92. The molecule has 0 bridgehead atoms. The van der Waals surface area contributed by atoms with Crippen LogP contribution < -0.4 is 0 Å². The molecule has 1 fully saturated rings. The van der Waals surface area contributed by atoms with E-state index in [2.05, 4.69) is 13.5 Å². The molecule has 0 aromatic rings. The van der Waals surface area contributed by atoms with E-state index in [4.69, 9.17) is 11.6 Å². The molecule has 0 aromatic carbocycles. The zero-order valence-electron chi connectivity index (χ0n) is 9.34. The second-order valence-corrected chi connectivity index (χ2v) is 5.20. The van der Waals surface area contributed by atoms with E-state index in [0.29, 0.717) is 5.38 Å². The molecular formula is C13H23Cl. The lowest BCUT2D eigenvalue weighted by Gasteiger charge is -2.16. The fourth-order valence-electron chi connectivity index (χ4n) is 2.47. The number of rotatable bonds is 6. The van der Waals surface area contributed by atoms with Crippen molar-refractivity contribution in [3.63, 3.8) is 0 Å². The van der Waals surface area contributed by atoms with E-state index >= 15 is 0 Å². The second-order valence-electron chi connectivity index (χ2n) is 4.64. The summed E-state index contributed by atoms with van der Waals surface area (Å²) in [7, 11) is 0. The van der Waals surface area contributed by atoms with E-state index in [0.717, 1.165) is 11.8 Å². The molecule has 0 amide bonds. The molecule has 3 unspecified atom stereocenters. The third-order valence-electron chi connectivity index (χ3n) is 3.61. The number of unbranched alkanes of at least 4 members (excludes halogenated alkanes) is 3. The molecular weight excluding hydrogens is 192 g/mol. The van der Waals surface area contributed by atoms with Gasteiger partial charge in [-0.3, -0.25) is 0 Å². The first-order valence-electron chi connectivity index (χ1n) is 6.00. The van der Waals surface area contributed by atoms with Crippen LogP contribution in [0.1, 0.15) is 51.9 Å². The molecule has 1 aliphatic rings. The van der Waals surface area contributed by atoms with E-state index in [1.165, 1.54) is 44.9 Å². The Kier molecular flexibility index (Phi) is 5.62. The van der Waals surface area contributed by atoms with Crippen LogP contribution in [0.5, 0.6) is 0 Å². The largest absolute Gasteiger partial charge is 0.123 e. The van der Waals surface area contributed by atoms with E-state index < -0.39 is 0 Å². The Balaban J connectivity index is 2.04. The van der Waals surface area contributed by atoms with Crippen LogP contribution in [-0.4, -0.2) is 5.38 Å². The average Bonchev–Trinajstić information content (AvgIpc) is 2.49. The van der Waals surface area contributed by atoms with Crippen molar-refractivity contribution < 1.29 is 0 Å². The highest BCUT2D eigenvalue weighted by Crippen LogP contribution is 2.38. The summed E-state index contributed by atoms with van der Waals surface area (Å²) in [4.78, 5) is 0. The molecule has 1 saturated carbocycles. The summed E-state index contributed by atoms with van der Waals surface area (Å²) in [6.45, 7) is 6.06. The molecule has 0 aliphatic heterocycles. The Morgan fingerprint density at radius 3 is 2.64 bits per heavy atom. The quantitative estimate of drug-likeness (QED) is 0.339. The van der Waals surface area contributed by atoms with Crippen LogP contribution in [0.4, 0.5) is 0 Å². The maximum Gasteiger partial charge on any atom is 0.0364 e. The predicted octanol–water partition coefficient (Wildman–Crippen LogP) is 4.78. The van der Waals surface area contributed by atoms with Crippen LogP contribution in [0.25, 0.3) is 0 Å². The van der Waals surface area contributed by atoms with Crippen molar-refractivity contribution in [3.8, 4) is 0 Å². The molecule has 0 spiro atoms. The van der Waals surface area contributed by atoms with Gasteiger partial charge in [0.1, 0.15) is 0 Å². The van der Waals surface area contributed by atoms with Crippen LogP contribution in [-0.2, 0) is 0 Å². The summed E-state index contributed by atoms with van der Waals surface area (Å²) in [5.41, 5.74) is 0. The topological polar surface area (TPSA) is 0 Å². The first kappa shape index (κ1) is 12.1. The van der Waals surface area contributed by atoms with Gasteiger partial charge in [0.05, 0.1) is 0 Å². The smallest absolute Gasteiger partial charge is 0.0364 e. The molecule has 14 heavy (non-hydrogen) atoms. The fourth-order valence-corrected chi connectivity index (χ4v) is 2.81. The van der Waals surface area contributed by atoms with Crippen molar-refractivity contribution in [1.29, 1.82) is 0 Å². The van der Waals surface area contributed by atoms with Crippen molar-refractivity contribution in [1.82, 2.24) is 0 Å². The normalized spacial score (nSPS) is 32.0. The first-order chi connectivity index (χ1) is 6.75. The second kappa shape index (κ2) is 6.50. The van der Waals surface area contributed by atoms with Crippen molar-refractivity contribution in [2.45, 2.75) is 57.2 Å².